The average molecular weight is 293 g/mol. The van der Waals surface area contributed by atoms with Crippen molar-refractivity contribution in [1.29, 1.82) is 0 Å². The van der Waals surface area contributed by atoms with Crippen LogP contribution in [0, 0.1) is 0 Å². The Labute approximate surface area is 114 Å². The molecule has 0 heterocycles. The molecule has 114 valence electrons. The Morgan fingerprint density at radius 3 is 2.35 bits per heavy atom. The highest BCUT2D eigenvalue weighted by molar-refractivity contribution is 5.97. The molecule has 1 amide bonds. The molecule has 8 heteroatoms. The van der Waals surface area contributed by atoms with Crippen molar-refractivity contribution < 1.29 is 32.6 Å². The Kier molecular flexibility index (Phi) is 5.02. The zero-order valence-corrected chi connectivity index (χ0v) is 11.3. The number of carbonyl (C=O) groups is 3. The molecule has 0 aliphatic heterocycles. The number of alkyl halides is 2. The van der Waals surface area contributed by atoms with Gasteiger partial charge in [-0.3, -0.25) is 9.59 Å². The number of nitrogens with one attached hydrogen (secondary N) is 1. The van der Waals surface area contributed by atoms with E-state index in [4.69, 9.17) is 0 Å². The summed E-state index contributed by atoms with van der Waals surface area (Å²) < 4.78 is 36.9. The number of hydrogen-bond acceptors (Lipinski definition) is 5. The maximum atomic E-state index is 14.0. The van der Waals surface area contributed by atoms with Crippen LogP contribution in [0.3, 0.4) is 0 Å². The van der Waals surface area contributed by atoms with E-state index < -0.39 is 42.1 Å². The van der Waals surface area contributed by atoms with Gasteiger partial charge in [0.25, 0.3) is 5.92 Å². The second kappa shape index (κ2) is 6.15. The molecular formula is C12H17F2NO5. The molecule has 0 saturated heterocycles. The van der Waals surface area contributed by atoms with Crippen molar-refractivity contribution in [3.8, 4) is 0 Å². The summed E-state index contributed by atoms with van der Waals surface area (Å²) in [5.74, 6) is -6.46. The van der Waals surface area contributed by atoms with Crippen molar-refractivity contribution in [1.82, 2.24) is 5.32 Å². The number of ether oxygens (including phenoxy) is 2. The molecule has 0 spiro atoms. The smallest absolute Gasteiger partial charge is 0.338 e. The normalized spacial score (nSPS) is 24.0. The van der Waals surface area contributed by atoms with Gasteiger partial charge >= 0.3 is 11.9 Å². The summed E-state index contributed by atoms with van der Waals surface area (Å²) in [6.07, 6.45) is -1.41. The van der Waals surface area contributed by atoms with Crippen LogP contribution in [-0.4, -0.2) is 43.0 Å². The van der Waals surface area contributed by atoms with Gasteiger partial charge in [0.15, 0.2) is 0 Å². The maximum Gasteiger partial charge on any atom is 0.338 e. The van der Waals surface area contributed by atoms with Crippen LogP contribution < -0.4 is 5.32 Å². The minimum Gasteiger partial charge on any atom is -0.469 e. The minimum atomic E-state index is -3.41. The topological polar surface area (TPSA) is 81.7 Å². The van der Waals surface area contributed by atoms with Crippen LogP contribution in [0.5, 0.6) is 0 Å². The largest absolute Gasteiger partial charge is 0.469 e. The van der Waals surface area contributed by atoms with Gasteiger partial charge in [-0.25, -0.2) is 13.6 Å². The Hall–Kier alpha value is -1.73. The van der Waals surface area contributed by atoms with Gasteiger partial charge in [-0.2, -0.15) is 0 Å². The third-order valence-electron chi connectivity index (χ3n) is 3.18. The monoisotopic (exact) mass is 293 g/mol. The fourth-order valence-electron chi connectivity index (χ4n) is 2.17. The predicted molar refractivity (Wildman–Crippen MR) is 62.9 cm³/mol. The first-order valence-electron chi connectivity index (χ1n) is 6.22. The molecule has 1 fully saturated rings. The van der Waals surface area contributed by atoms with E-state index in [0.717, 1.165) is 7.11 Å². The number of hydrogen-bond donors (Lipinski definition) is 1. The van der Waals surface area contributed by atoms with E-state index in [-0.39, 0.29) is 19.4 Å². The first kappa shape index (κ1) is 16.3. The van der Waals surface area contributed by atoms with Crippen LogP contribution in [0.1, 0.15) is 32.6 Å². The van der Waals surface area contributed by atoms with Crippen LogP contribution in [-0.2, 0) is 23.9 Å². The van der Waals surface area contributed by atoms with E-state index in [1.807, 2.05) is 5.32 Å². The Bertz CT molecular complexity index is 413. The summed E-state index contributed by atoms with van der Waals surface area (Å²) in [4.78, 5) is 34.4. The van der Waals surface area contributed by atoms with E-state index in [0.29, 0.717) is 0 Å². The lowest BCUT2D eigenvalue weighted by atomic mass is 9.93. The number of methoxy groups -OCH3 is 1. The first-order valence-corrected chi connectivity index (χ1v) is 6.22. The van der Waals surface area contributed by atoms with Crippen molar-refractivity contribution in [2.45, 2.75) is 44.1 Å². The third-order valence-corrected chi connectivity index (χ3v) is 3.18. The summed E-state index contributed by atoms with van der Waals surface area (Å²) in [5, 5.41) is 1.97. The molecule has 1 aliphatic carbocycles. The van der Waals surface area contributed by atoms with Gasteiger partial charge in [0, 0.05) is 6.42 Å². The first-order chi connectivity index (χ1) is 9.29. The molecule has 0 aromatic carbocycles. The van der Waals surface area contributed by atoms with Gasteiger partial charge in [-0.05, 0) is 19.8 Å². The molecule has 6 nitrogen and oxygen atoms in total. The molecule has 1 N–H and O–H groups in total. The van der Waals surface area contributed by atoms with Crippen LogP contribution in [0.2, 0.25) is 0 Å². The second-order valence-corrected chi connectivity index (χ2v) is 4.48. The van der Waals surface area contributed by atoms with Gasteiger partial charge in [-0.1, -0.05) is 0 Å². The molecule has 1 saturated carbocycles. The lowest BCUT2D eigenvalue weighted by molar-refractivity contribution is -0.170. The third kappa shape index (κ3) is 3.05. The number of rotatable bonds is 5. The molecule has 1 aliphatic rings. The average Bonchev–Trinajstić information content (AvgIpc) is 2.65. The molecule has 0 aromatic heterocycles. The number of carbonyl (C=O) groups excluding carboxylic acids is 3. The summed E-state index contributed by atoms with van der Waals surface area (Å²) in [5.41, 5.74) is -2.39. The molecule has 20 heavy (non-hydrogen) atoms. The van der Waals surface area contributed by atoms with Crippen molar-refractivity contribution >= 4 is 17.8 Å². The molecule has 0 bridgehead atoms. The zero-order valence-electron chi connectivity index (χ0n) is 11.3. The molecule has 1 rings (SSSR count). The maximum absolute atomic E-state index is 14.0. The van der Waals surface area contributed by atoms with Gasteiger partial charge in [0.1, 0.15) is 6.42 Å². The highest BCUT2D eigenvalue weighted by Gasteiger charge is 2.64. The molecule has 1 unspecified atom stereocenters. The van der Waals surface area contributed by atoms with Crippen molar-refractivity contribution in [3.05, 3.63) is 0 Å². The number of esters is 2. The SMILES string of the molecule is CCOC(=O)C1(NC(=O)CC(=O)OC)CCCC1(F)F. The molecule has 0 radical (unpaired) electrons. The van der Waals surface area contributed by atoms with E-state index in [1.165, 1.54) is 6.92 Å². The number of amides is 1. The van der Waals surface area contributed by atoms with Gasteiger partial charge in [0.05, 0.1) is 13.7 Å². The predicted octanol–water partition coefficient (Wildman–Crippen LogP) is 0.787. The highest BCUT2D eigenvalue weighted by atomic mass is 19.3. The van der Waals surface area contributed by atoms with Gasteiger partial charge in [-0.15, -0.1) is 0 Å². The summed E-state index contributed by atoms with van der Waals surface area (Å²) in [6.45, 7) is 1.40. The van der Waals surface area contributed by atoms with Gasteiger partial charge < -0.3 is 14.8 Å². The molecule has 0 aromatic rings. The van der Waals surface area contributed by atoms with Crippen molar-refractivity contribution in [2.24, 2.45) is 0 Å². The summed E-state index contributed by atoms with van der Waals surface area (Å²) in [6, 6.07) is 0. The molecule has 1 atom stereocenters. The van der Waals surface area contributed by atoms with Crippen LogP contribution in [0.25, 0.3) is 0 Å². The second-order valence-electron chi connectivity index (χ2n) is 4.48. The fraction of sp³-hybridized carbons (Fsp3) is 0.750. The van der Waals surface area contributed by atoms with Crippen LogP contribution in [0.4, 0.5) is 8.78 Å². The van der Waals surface area contributed by atoms with Crippen molar-refractivity contribution in [2.75, 3.05) is 13.7 Å². The Balaban J connectivity index is 2.93. The summed E-state index contributed by atoms with van der Waals surface area (Å²) >= 11 is 0. The zero-order chi connectivity index (χ0) is 15.4. The molecular weight excluding hydrogens is 276 g/mol. The minimum absolute atomic E-state index is 0.0737. The van der Waals surface area contributed by atoms with E-state index in [9.17, 15) is 23.2 Å². The van der Waals surface area contributed by atoms with Crippen LogP contribution in [0.15, 0.2) is 0 Å². The van der Waals surface area contributed by atoms with E-state index >= 15 is 0 Å². The van der Waals surface area contributed by atoms with E-state index in [1.54, 1.807) is 0 Å². The lowest BCUT2D eigenvalue weighted by Crippen LogP contribution is -2.63. The van der Waals surface area contributed by atoms with Crippen LogP contribution >= 0.6 is 0 Å². The van der Waals surface area contributed by atoms with Gasteiger partial charge in [0.2, 0.25) is 11.4 Å². The lowest BCUT2D eigenvalue weighted by Gasteiger charge is -2.33. The summed E-state index contributed by atoms with van der Waals surface area (Å²) in [7, 11) is 1.07. The fourth-order valence-corrected chi connectivity index (χ4v) is 2.17. The highest BCUT2D eigenvalue weighted by Crippen LogP contribution is 2.44. The van der Waals surface area contributed by atoms with E-state index in [2.05, 4.69) is 9.47 Å². The number of halogens is 2. The Morgan fingerprint density at radius 1 is 1.25 bits per heavy atom. The van der Waals surface area contributed by atoms with Crippen molar-refractivity contribution in [3.63, 3.8) is 0 Å². The Morgan fingerprint density at radius 2 is 1.90 bits per heavy atom. The quantitative estimate of drug-likeness (QED) is 0.598. The standard InChI is InChI=1S/C12H17F2NO5/c1-3-20-10(18)11(5-4-6-12(11,13)14)15-8(16)7-9(17)19-2/h3-7H2,1-2H3,(H,15,16).